The van der Waals surface area contributed by atoms with Gasteiger partial charge in [-0.25, -0.2) is 17.9 Å². The Morgan fingerprint density at radius 3 is 2.33 bits per heavy atom. The fourth-order valence-corrected chi connectivity index (χ4v) is 4.37. The van der Waals surface area contributed by atoms with Gasteiger partial charge in [0.2, 0.25) is 0 Å². The molecule has 2 amide bonds. The van der Waals surface area contributed by atoms with Crippen molar-refractivity contribution in [3.63, 3.8) is 0 Å². The van der Waals surface area contributed by atoms with Crippen LogP contribution in [0.5, 0.6) is 0 Å². The first kappa shape index (κ1) is 21.4. The molecule has 0 bridgehead atoms. The number of benzene rings is 1. The van der Waals surface area contributed by atoms with Gasteiger partial charge in [-0.1, -0.05) is 57.6 Å². The molecule has 0 aliphatic heterocycles. The fourth-order valence-electron chi connectivity index (χ4n) is 3.45. The molecule has 6 nitrogen and oxygen atoms in total. The molecule has 2 rings (SSSR count). The van der Waals surface area contributed by atoms with Gasteiger partial charge < -0.3 is 10.1 Å². The highest BCUT2D eigenvalue weighted by atomic mass is 32.2. The number of hydrogen-bond donors (Lipinski definition) is 2. The molecule has 0 spiro atoms. The Morgan fingerprint density at radius 2 is 1.78 bits per heavy atom. The first-order chi connectivity index (χ1) is 13.0. The number of rotatable bonds is 8. The Hall–Kier alpha value is -1.89. The summed E-state index contributed by atoms with van der Waals surface area (Å²) in [7, 11) is -3.94. The quantitative estimate of drug-likeness (QED) is 0.517. The number of carbonyl (C=O) groups is 2. The Morgan fingerprint density at radius 1 is 1.15 bits per heavy atom. The minimum absolute atomic E-state index is 0.0161. The van der Waals surface area contributed by atoms with E-state index >= 15 is 0 Å². The third kappa shape index (κ3) is 6.65. The zero-order chi connectivity index (χ0) is 19.7. The number of sulfonamides is 1. The van der Waals surface area contributed by atoms with Crippen LogP contribution in [0.15, 0.2) is 29.2 Å². The molecule has 0 saturated heterocycles. The predicted molar refractivity (Wildman–Crippen MR) is 105 cm³/mol. The van der Waals surface area contributed by atoms with Crippen LogP contribution in [0.3, 0.4) is 0 Å². The van der Waals surface area contributed by atoms with E-state index < -0.39 is 16.1 Å². The molecule has 150 valence electrons. The van der Waals surface area contributed by atoms with Gasteiger partial charge in [0.25, 0.3) is 10.0 Å². The van der Waals surface area contributed by atoms with Crippen LogP contribution < -0.4 is 10.0 Å². The smallest absolute Gasteiger partial charge is 0.328 e. The second-order valence-corrected chi connectivity index (χ2v) is 8.90. The number of amides is 2. The Kier molecular flexibility index (Phi) is 8.28. The van der Waals surface area contributed by atoms with Gasteiger partial charge in [0.05, 0.1) is 4.90 Å². The third-order valence-corrected chi connectivity index (χ3v) is 6.42. The van der Waals surface area contributed by atoms with E-state index in [1.807, 2.05) is 0 Å². The maximum atomic E-state index is 12.4. The van der Waals surface area contributed by atoms with Crippen molar-refractivity contribution in [2.75, 3.05) is 0 Å². The van der Waals surface area contributed by atoms with E-state index in [1.54, 1.807) is 12.1 Å². The first-order valence-electron chi connectivity index (χ1n) is 9.85. The molecule has 1 aliphatic rings. The molecule has 1 aromatic rings. The van der Waals surface area contributed by atoms with E-state index in [-0.39, 0.29) is 16.9 Å². The molecule has 0 aromatic heterocycles. The molecular weight excluding hydrogens is 364 g/mol. The topological polar surface area (TPSA) is 92.3 Å². The van der Waals surface area contributed by atoms with Gasteiger partial charge in [0, 0.05) is 12.0 Å². The minimum atomic E-state index is -3.94. The molecule has 1 aliphatic carbocycles. The number of urea groups is 1. The number of hydrogen-bond acceptors (Lipinski definition) is 4. The van der Waals surface area contributed by atoms with Crippen molar-refractivity contribution >= 4 is 22.3 Å². The van der Waals surface area contributed by atoms with Crippen LogP contribution in [0.4, 0.5) is 4.79 Å². The molecule has 0 radical (unpaired) electrons. The van der Waals surface area contributed by atoms with Crippen molar-refractivity contribution in [1.29, 1.82) is 0 Å². The molecule has 1 saturated carbocycles. The lowest BCUT2D eigenvalue weighted by Gasteiger charge is -2.17. The van der Waals surface area contributed by atoms with E-state index in [0.29, 0.717) is 0 Å². The lowest BCUT2D eigenvalue weighted by molar-refractivity contribution is -0.109. The molecule has 1 atom stereocenters. The summed E-state index contributed by atoms with van der Waals surface area (Å²) < 4.78 is 27.0. The highest BCUT2D eigenvalue weighted by Crippen LogP contribution is 2.22. The van der Waals surface area contributed by atoms with Gasteiger partial charge in [-0.05, 0) is 37.0 Å². The van der Waals surface area contributed by atoms with E-state index in [2.05, 4.69) is 17.0 Å². The van der Waals surface area contributed by atoms with Crippen molar-refractivity contribution in [3.05, 3.63) is 29.8 Å². The van der Waals surface area contributed by atoms with Crippen molar-refractivity contribution < 1.29 is 18.0 Å². The summed E-state index contributed by atoms with van der Waals surface area (Å²) in [5.74, 6) is -0.229. The second kappa shape index (κ2) is 10.4. The average Bonchev–Trinajstić information content (AvgIpc) is 2.91. The Bertz CT molecular complexity index is 708. The average molecular weight is 395 g/mol. The lowest BCUT2D eigenvalue weighted by Crippen LogP contribution is -2.44. The third-order valence-electron chi connectivity index (χ3n) is 5.07. The van der Waals surface area contributed by atoms with Crippen LogP contribution in [0.1, 0.15) is 76.2 Å². The van der Waals surface area contributed by atoms with Crippen molar-refractivity contribution in [1.82, 2.24) is 10.0 Å². The molecule has 2 N–H and O–H groups in total. The van der Waals surface area contributed by atoms with Crippen LogP contribution in [0.25, 0.3) is 0 Å². The number of aldehydes is 1. The summed E-state index contributed by atoms with van der Waals surface area (Å²) in [6.07, 6.45) is 9.76. The minimum Gasteiger partial charge on any atom is -0.335 e. The van der Waals surface area contributed by atoms with Gasteiger partial charge in [-0.3, -0.25) is 0 Å². The monoisotopic (exact) mass is 394 g/mol. The SMILES string of the molecule is CCCCC(C=O)c1ccc(S(=O)(=O)NC(=O)NC2CCCCCC2)cc1. The van der Waals surface area contributed by atoms with Gasteiger partial charge >= 0.3 is 6.03 Å². The highest BCUT2D eigenvalue weighted by molar-refractivity contribution is 7.90. The second-order valence-electron chi connectivity index (χ2n) is 7.22. The molecular formula is C20H30N2O4S. The predicted octanol–water partition coefficient (Wildman–Crippen LogP) is 3.87. The Balaban J connectivity index is 1.98. The van der Waals surface area contributed by atoms with Crippen LogP contribution in [-0.4, -0.2) is 26.8 Å². The van der Waals surface area contributed by atoms with Crippen LogP contribution >= 0.6 is 0 Å². The lowest BCUT2D eigenvalue weighted by atomic mass is 9.95. The van der Waals surface area contributed by atoms with Crippen molar-refractivity contribution in [2.45, 2.75) is 81.6 Å². The van der Waals surface area contributed by atoms with E-state index in [0.717, 1.165) is 69.6 Å². The fraction of sp³-hybridized carbons (Fsp3) is 0.600. The number of nitrogens with one attached hydrogen (secondary N) is 2. The molecule has 27 heavy (non-hydrogen) atoms. The normalized spacial score (nSPS) is 16.9. The molecule has 0 heterocycles. The van der Waals surface area contributed by atoms with Crippen LogP contribution in [0, 0.1) is 0 Å². The number of carbonyl (C=O) groups excluding carboxylic acids is 2. The maximum absolute atomic E-state index is 12.4. The maximum Gasteiger partial charge on any atom is 0.328 e. The van der Waals surface area contributed by atoms with Crippen molar-refractivity contribution in [3.8, 4) is 0 Å². The van der Waals surface area contributed by atoms with Gasteiger partial charge in [-0.15, -0.1) is 0 Å². The van der Waals surface area contributed by atoms with E-state index in [9.17, 15) is 18.0 Å². The summed E-state index contributed by atoms with van der Waals surface area (Å²) in [5, 5.41) is 2.77. The van der Waals surface area contributed by atoms with Gasteiger partial charge in [-0.2, -0.15) is 0 Å². The zero-order valence-corrected chi connectivity index (χ0v) is 16.8. The van der Waals surface area contributed by atoms with E-state index in [1.165, 1.54) is 12.1 Å². The highest BCUT2D eigenvalue weighted by Gasteiger charge is 2.21. The van der Waals surface area contributed by atoms with Gasteiger partial charge in [0.1, 0.15) is 6.29 Å². The summed E-state index contributed by atoms with van der Waals surface area (Å²) in [6.45, 7) is 2.06. The van der Waals surface area contributed by atoms with Crippen LogP contribution in [-0.2, 0) is 14.8 Å². The zero-order valence-electron chi connectivity index (χ0n) is 15.9. The number of unbranched alkanes of at least 4 members (excludes halogenated alkanes) is 1. The molecule has 1 fully saturated rings. The van der Waals surface area contributed by atoms with E-state index in [4.69, 9.17) is 0 Å². The van der Waals surface area contributed by atoms with Gasteiger partial charge in [0.15, 0.2) is 0 Å². The molecule has 1 unspecified atom stereocenters. The van der Waals surface area contributed by atoms with Crippen molar-refractivity contribution in [2.24, 2.45) is 0 Å². The molecule has 1 aromatic carbocycles. The largest absolute Gasteiger partial charge is 0.335 e. The van der Waals surface area contributed by atoms with Crippen LogP contribution in [0.2, 0.25) is 0 Å². The summed E-state index contributed by atoms with van der Waals surface area (Å²) in [5.41, 5.74) is 0.792. The first-order valence-corrected chi connectivity index (χ1v) is 11.3. The standard InChI is InChI=1S/C20H30N2O4S/c1-2-3-8-17(15-23)16-11-13-19(14-12-16)27(25,26)22-20(24)21-18-9-6-4-5-7-10-18/h11-15,17-18H,2-10H2,1H3,(H2,21,22,24). The Labute approximate surface area is 162 Å². The molecule has 7 heteroatoms. The summed E-state index contributed by atoms with van der Waals surface area (Å²) >= 11 is 0. The summed E-state index contributed by atoms with van der Waals surface area (Å²) in [4.78, 5) is 23.4. The summed E-state index contributed by atoms with van der Waals surface area (Å²) in [6, 6.07) is 5.52.